The van der Waals surface area contributed by atoms with Crippen LogP contribution in [0.2, 0.25) is 0 Å². The number of benzene rings is 2. The molecule has 0 saturated heterocycles. The first-order valence-corrected chi connectivity index (χ1v) is 11.8. The number of anilines is 1. The van der Waals surface area contributed by atoms with Crippen LogP contribution in [0.3, 0.4) is 0 Å². The van der Waals surface area contributed by atoms with Gasteiger partial charge in [-0.3, -0.25) is 14.2 Å². The lowest BCUT2D eigenvalue weighted by atomic mass is 10.1. The number of para-hydroxylation sites is 1. The van der Waals surface area contributed by atoms with Gasteiger partial charge in [-0.1, -0.05) is 43.8 Å². The van der Waals surface area contributed by atoms with E-state index in [1.54, 1.807) is 11.7 Å². The first kappa shape index (κ1) is 22.9. The Bertz CT molecular complexity index is 1370. The number of carbonyl (C=O) groups is 1. The molecule has 2 aromatic carbocycles. The molecule has 33 heavy (non-hydrogen) atoms. The molecule has 4 rings (SSSR count). The van der Waals surface area contributed by atoms with Crippen molar-refractivity contribution < 1.29 is 13.9 Å². The minimum Gasteiger partial charge on any atom is -0.495 e. The summed E-state index contributed by atoms with van der Waals surface area (Å²) < 4.78 is 12.8. The summed E-state index contributed by atoms with van der Waals surface area (Å²) in [7, 11) is 1.57. The molecule has 0 radical (unpaired) electrons. The third kappa shape index (κ3) is 4.90. The van der Waals surface area contributed by atoms with E-state index in [4.69, 9.17) is 14.1 Å². The van der Waals surface area contributed by atoms with Crippen LogP contribution in [0.1, 0.15) is 25.8 Å². The number of aromatic nitrogens is 2. The quantitative estimate of drug-likeness (QED) is 0.283. The number of aryl methyl sites for hydroxylation is 1. The average molecular weight is 466 g/mol. The first-order chi connectivity index (χ1) is 15.9. The topological polar surface area (TPSA) is 86.4 Å². The minimum atomic E-state index is -0.222. The van der Waals surface area contributed by atoms with E-state index >= 15 is 0 Å². The molecule has 0 fully saturated rings. The third-order valence-corrected chi connectivity index (χ3v) is 6.31. The number of hydrogen-bond acceptors (Lipinski definition) is 6. The Kier molecular flexibility index (Phi) is 6.74. The summed E-state index contributed by atoms with van der Waals surface area (Å²) in [6.07, 6.45) is 0.813. The number of nitrogens with one attached hydrogen (secondary N) is 1. The van der Waals surface area contributed by atoms with Crippen molar-refractivity contribution in [3.05, 3.63) is 58.4 Å². The molecule has 0 bridgehead atoms. The molecule has 172 valence electrons. The predicted molar refractivity (Wildman–Crippen MR) is 132 cm³/mol. The fraction of sp³-hybridized carbons (Fsp3) is 0.320. The Balaban J connectivity index is 1.65. The highest BCUT2D eigenvalue weighted by atomic mass is 32.2. The van der Waals surface area contributed by atoms with Gasteiger partial charge in [0, 0.05) is 11.9 Å². The van der Waals surface area contributed by atoms with Crippen LogP contribution in [0.25, 0.3) is 22.1 Å². The molecule has 0 aliphatic carbocycles. The molecule has 0 spiro atoms. The Morgan fingerprint density at radius 3 is 2.79 bits per heavy atom. The molecule has 7 nitrogen and oxygen atoms in total. The molecule has 1 amide bonds. The SMILES string of the molecule is COc1ccc(C)cc1NC(=O)CSc1nc2c(oc3ccccc32)c(=O)n1CCC(C)C. The van der Waals surface area contributed by atoms with Gasteiger partial charge in [0.25, 0.3) is 5.56 Å². The van der Waals surface area contributed by atoms with E-state index in [-0.39, 0.29) is 22.8 Å². The van der Waals surface area contributed by atoms with Gasteiger partial charge in [-0.25, -0.2) is 4.98 Å². The van der Waals surface area contributed by atoms with Crippen LogP contribution in [0.5, 0.6) is 5.75 Å². The van der Waals surface area contributed by atoms with Crippen LogP contribution >= 0.6 is 11.8 Å². The van der Waals surface area contributed by atoms with Crippen molar-refractivity contribution in [2.75, 3.05) is 18.2 Å². The number of carbonyl (C=O) groups excluding carboxylic acids is 1. The number of furan rings is 1. The van der Waals surface area contributed by atoms with E-state index in [2.05, 4.69) is 19.2 Å². The van der Waals surface area contributed by atoms with Crippen LogP contribution in [0.4, 0.5) is 5.69 Å². The molecule has 0 atom stereocenters. The van der Waals surface area contributed by atoms with Gasteiger partial charge >= 0.3 is 0 Å². The lowest BCUT2D eigenvalue weighted by Gasteiger charge is -2.14. The van der Waals surface area contributed by atoms with Crippen molar-refractivity contribution in [3.8, 4) is 5.75 Å². The van der Waals surface area contributed by atoms with Crippen LogP contribution in [-0.4, -0.2) is 28.3 Å². The molecule has 2 aromatic heterocycles. The van der Waals surface area contributed by atoms with Crippen molar-refractivity contribution in [2.24, 2.45) is 5.92 Å². The van der Waals surface area contributed by atoms with Crippen molar-refractivity contribution in [1.82, 2.24) is 9.55 Å². The highest BCUT2D eigenvalue weighted by Crippen LogP contribution is 2.28. The number of fused-ring (bicyclic) bond motifs is 3. The maximum absolute atomic E-state index is 13.3. The number of methoxy groups -OCH3 is 1. The zero-order chi connectivity index (χ0) is 23.5. The van der Waals surface area contributed by atoms with Crippen molar-refractivity contribution >= 4 is 45.4 Å². The standard InChI is InChI=1S/C25H27N3O4S/c1-15(2)11-12-28-24(30)23-22(17-7-5-6-8-19(17)32-23)27-25(28)33-14-21(29)26-18-13-16(3)9-10-20(18)31-4/h5-10,13,15H,11-12,14H2,1-4H3,(H,26,29). The molecular weight excluding hydrogens is 438 g/mol. The first-order valence-electron chi connectivity index (χ1n) is 10.9. The number of rotatable bonds is 8. The molecular formula is C25H27N3O4S. The zero-order valence-corrected chi connectivity index (χ0v) is 20.0. The Hall–Kier alpha value is -3.26. The normalized spacial score (nSPS) is 11.4. The van der Waals surface area contributed by atoms with Gasteiger partial charge in [0.15, 0.2) is 5.16 Å². The maximum atomic E-state index is 13.3. The lowest BCUT2D eigenvalue weighted by Crippen LogP contribution is -2.24. The number of amides is 1. The Labute approximate surface area is 196 Å². The van der Waals surface area contributed by atoms with Crippen LogP contribution in [-0.2, 0) is 11.3 Å². The van der Waals surface area contributed by atoms with E-state index in [0.29, 0.717) is 40.2 Å². The second-order valence-electron chi connectivity index (χ2n) is 8.35. The molecule has 2 heterocycles. The molecule has 8 heteroatoms. The molecule has 0 aliphatic rings. The van der Waals surface area contributed by atoms with Crippen molar-refractivity contribution in [3.63, 3.8) is 0 Å². The Morgan fingerprint density at radius 2 is 2.03 bits per heavy atom. The van der Waals surface area contributed by atoms with E-state index in [9.17, 15) is 9.59 Å². The minimum absolute atomic E-state index is 0.104. The second kappa shape index (κ2) is 9.70. The van der Waals surface area contributed by atoms with E-state index in [1.807, 2.05) is 49.4 Å². The summed E-state index contributed by atoms with van der Waals surface area (Å²) in [6, 6.07) is 13.1. The fourth-order valence-corrected chi connectivity index (χ4v) is 4.40. The van der Waals surface area contributed by atoms with Crippen molar-refractivity contribution in [2.45, 2.75) is 38.9 Å². The molecule has 0 aliphatic heterocycles. The van der Waals surface area contributed by atoms with E-state index in [0.717, 1.165) is 17.4 Å². The van der Waals surface area contributed by atoms with Crippen LogP contribution in [0.15, 0.2) is 56.8 Å². The summed E-state index contributed by atoms with van der Waals surface area (Å²) in [5.74, 6) is 0.910. The summed E-state index contributed by atoms with van der Waals surface area (Å²) in [6.45, 7) is 6.67. The highest BCUT2D eigenvalue weighted by Gasteiger charge is 2.19. The zero-order valence-electron chi connectivity index (χ0n) is 19.2. The smallest absolute Gasteiger partial charge is 0.297 e. The highest BCUT2D eigenvalue weighted by molar-refractivity contribution is 7.99. The number of hydrogen-bond donors (Lipinski definition) is 1. The third-order valence-electron chi connectivity index (χ3n) is 5.34. The lowest BCUT2D eigenvalue weighted by molar-refractivity contribution is -0.113. The summed E-state index contributed by atoms with van der Waals surface area (Å²) in [5, 5.41) is 4.19. The second-order valence-corrected chi connectivity index (χ2v) is 9.29. The average Bonchev–Trinajstić information content (AvgIpc) is 3.16. The summed E-state index contributed by atoms with van der Waals surface area (Å²) in [5.41, 5.74) is 2.81. The number of thioether (sulfide) groups is 1. The van der Waals surface area contributed by atoms with Gasteiger partial charge in [0.2, 0.25) is 11.5 Å². The van der Waals surface area contributed by atoms with Crippen LogP contribution < -0.4 is 15.6 Å². The molecule has 0 saturated carbocycles. The van der Waals surface area contributed by atoms with Crippen LogP contribution in [0, 0.1) is 12.8 Å². The van der Waals surface area contributed by atoms with Gasteiger partial charge in [0.1, 0.15) is 16.8 Å². The predicted octanol–water partition coefficient (Wildman–Crippen LogP) is 5.24. The van der Waals surface area contributed by atoms with E-state index < -0.39 is 0 Å². The van der Waals surface area contributed by atoms with Gasteiger partial charge in [-0.05, 0) is 49.1 Å². The monoisotopic (exact) mass is 465 g/mol. The van der Waals surface area contributed by atoms with Gasteiger partial charge in [0.05, 0.1) is 18.6 Å². The maximum Gasteiger partial charge on any atom is 0.297 e. The van der Waals surface area contributed by atoms with Gasteiger partial charge in [-0.15, -0.1) is 0 Å². The molecule has 0 unspecified atom stereocenters. The number of ether oxygens (including phenoxy) is 1. The fourth-order valence-electron chi connectivity index (χ4n) is 3.58. The summed E-state index contributed by atoms with van der Waals surface area (Å²) in [4.78, 5) is 30.8. The largest absolute Gasteiger partial charge is 0.495 e. The Morgan fingerprint density at radius 1 is 1.24 bits per heavy atom. The number of nitrogens with zero attached hydrogens (tertiary/aromatic N) is 2. The van der Waals surface area contributed by atoms with Gasteiger partial charge in [-0.2, -0.15) is 0 Å². The van der Waals surface area contributed by atoms with Gasteiger partial charge < -0.3 is 14.5 Å². The summed E-state index contributed by atoms with van der Waals surface area (Å²) >= 11 is 1.24. The molecule has 1 N–H and O–H groups in total. The van der Waals surface area contributed by atoms with Crippen molar-refractivity contribution in [1.29, 1.82) is 0 Å². The van der Waals surface area contributed by atoms with E-state index in [1.165, 1.54) is 11.8 Å². The molecule has 4 aromatic rings.